The second-order valence-corrected chi connectivity index (χ2v) is 15.3. The molecular weight excluding hydrogens is 611 g/mol. The maximum atomic E-state index is 13.8. The van der Waals surface area contributed by atoms with Gasteiger partial charge in [-0.25, -0.2) is 18.1 Å². The van der Waals surface area contributed by atoms with E-state index in [1.807, 2.05) is 45.9 Å². The predicted molar refractivity (Wildman–Crippen MR) is 187 cm³/mol. The first-order valence-corrected chi connectivity index (χ1v) is 17.4. The van der Waals surface area contributed by atoms with Gasteiger partial charge >= 0.3 is 0 Å². The van der Waals surface area contributed by atoms with Gasteiger partial charge in [-0.05, 0) is 80.0 Å². The Bertz CT molecular complexity index is 2070. The summed E-state index contributed by atoms with van der Waals surface area (Å²) in [6.07, 6.45) is 1.25. The van der Waals surface area contributed by atoms with Crippen LogP contribution >= 0.6 is 0 Å². The van der Waals surface area contributed by atoms with Gasteiger partial charge in [-0.2, -0.15) is 0 Å². The highest BCUT2D eigenvalue weighted by Gasteiger charge is 2.25. The molecule has 2 aromatic carbocycles. The number of fused-ring (bicyclic) bond motifs is 1. The van der Waals surface area contributed by atoms with Crippen LogP contribution < -0.4 is 4.72 Å². The first-order chi connectivity index (χ1) is 22.1. The summed E-state index contributed by atoms with van der Waals surface area (Å²) in [6, 6.07) is 17.3. The summed E-state index contributed by atoms with van der Waals surface area (Å²) in [5.74, 6) is 0.109. The summed E-state index contributed by atoms with van der Waals surface area (Å²) in [7, 11) is -2.26. The van der Waals surface area contributed by atoms with Gasteiger partial charge in [-0.3, -0.25) is 4.79 Å². The Morgan fingerprint density at radius 2 is 1.72 bits per heavy atom. The topological polar surface area (TPSA) is 110 Å². The van der Waals surface area contributed by atoms with Crippen molar-refractivity contribution in [2.75, 3.05) is 11.8 Å². The summed E-state index contributed by atoms with van der Waals surface area (Å²) >= 11 is 0. The summed E-state index contributed by atoms with van der Waals surface area (Å²) in [6.45, 7) is 16.8. The van der Waals surface area contributed by atoms with E-state index in [4.69, 9.17) is 9.51 Å². The molecule has 0 unspecified atom stereocenters. The van der Waals surface area contributed by atoms with Crippen molar-refractivity contribution in [2.24, 2.45) is 5.41 Å². The van der Waals surface area contributed by atoms with Crippen molar-refractivity contribution in [1.29, 1.82) is 0 Å². The molecule has 1 N–H and O–H groups in total. The summed E-state index contributed by atoms with van der Waals surface area (Å²) in [4.78, 5) is 20.0. The number of aryl methyl sites for hydroxylation is 4. The molecule has 9 nitrogen and oxygen atoms in total. The first kappa shape index (κ1) is 33.9. The number of carbonyl (C=O) groups is 1. The number of benzene rings is 2. The smallest absolute Gasteiger partial charge is 0.264 e. The summed E-state index contributed by atoms with van der Waals surface area (Å²) in [5.41, 5.74) is 8.48. The second kappa shape index (κ2) is 13.0. The second-order valence-electron chi connectivity index (χ2n) is 13.7. The molecule has 0 saturated heterocycles. The van der Waals surface area contributed by atoms with Crippen molar-refractivity contribution in [3.8, 4) is 11.1 Å². The Kier molecular flexibility index (Phi) is 9.37. The van der Waals surface area contributed by atoms with Gasteiger partial charge in [-0.15, -0.1) is 0 Å². The Morgan fingerprint density at radius 3 is 2.38 bits per heavy atom. The highest BCUT2D eigenvalue weighted by molar-refractivity contribution is 7.92. The van der Waals surface area contributed by atoms with Gasteiger partial charge < -0.3 is 14.0 Å². The Morgan fingerprint density at radius 1 is 1.00 bits per heavy atom. The van der Waals surface area contributed by atoms with Gasteiger partial charge in [0, 0.05) is 54.5 Å². The first-order valence-electron chi connectivity index (χ1n) is 15.9. The van der Waals surface area contributed by atoms with Crippen LogP contribution in [0, 0.1) is 33.1 Å². The van der Waals surface area contributed by atoms with E-state index in [2.05, 4.69) is 46.5 Å². The van der Waals surface area contributed by atoms with Crippen molar-refractivity contribution < 1.29 is 17.7 Å². The average Bonchev–Trinajstić information content (AvgIpc) is 3.50. The molecule has 0 bridgehead atoms. The Labute approximate surface area is 278 Å². The number of nitrogens with zero attached hydrogens (tertiary/aromatic N) is 4. The SMILES string of the molecule is CCc1cc2c(C)cc(C)nc2n1Cc1ccc(-c2ccccc2S(=O)(=O)Nc2onc(C)c2C)c(CN(C)C(=O)CC(C)(C)C)c1. The molecule has 0 atom stereocenters. The van der Waals surface area contributed by atoms with Crippen LogP contribution in [0.3, 0.4) is 0 Å². The molecule has 0 aliphatic heterocycles. The molecule has 5 rings (SSSR count). The Balaban J connectivity index is 1.61. The van der Waals surface area contributed by atoms with Crippen LogP contribution in [0.2, 0.25) is 0 Å². The monoisotopic (exact) mass is 655 g/mol. The lowest BCUT2D eigenvalue weighted by atomic mass is 9.91. The van der Waals surface area contributed by atoms with E-state index in [9.17, 15) is 13.2 Å². The number of carbonyl (C=O) groups excluding carboxylic acids is 1. The van der Waals surface area contributed by atoms with Gasteiger partial charge in [0.15, 0.2) is 0 Å². The van der Waals surface area contributed by atoms with E-state index >= 15 is 0 Å². The normalized spacial score (nSPS) is 12.1. The van der Waals surface area contributed by atoms with E-state index < -0.39 is 10.0 Å². The third kappa shape index (κ3) is 7.27. The van der Waals surface area contributed by atoms with Gasteiger partial charge in [0.1, 0.15) is 5.65 Å². The van der Waals surface area contributed by atoms with E-state index in [0.29, 0.717) is 36.3 Å². The molecule has 0 aliphatic carbocycles. The lowest BCUT2D eigenvalue weighted by Gasteiger charge is -2.25. The zero-order valence-electron chi connectivity index (χ0n) is 28.9. The number of anilines is 1. The van der Waals surface area contributed by atoms with Crippen LogP contribution in [0.4, 0.5) is 5.88 Å². The van der Waals surface area contributed by atoms with Gasteiger partial charge in [0.2, 0.25) is 11.8 Å². The fourth-order valence-corrected chi connectivity index (χ4v) is 7.20. The van der Waals surface area contributed by atoms with Crippen LogP contribution in [-0.2, 0) is 34.3 Å². The molecule has 248 valence electrons. The molecule has 3 heterocycles. The van der Waals surface area contributed by atoms with Gasteiger partial charge in [-0.1, -0.05) is 69.2 Å². The number of hydrogen-bond acceptors (Lipinski definition) is 6. The molecule has 5 aromatic rings. The minimum atomic E-state index is -4.06. The zero-order valence-corrected chi connectivity index (χ0v) is 29.7. The third-order valence-electron chi connectivity index (χ3n) is 8.53. The van der Waals surface area contributed by atoms with E-state index in [1.54, 1.807) is 44.0 Å². The van der Waals surface area contributed by atoms with Gasteiger partial charge in [0.25, 0.3) is 10.0 Å². The highest BCUT2D eigenvalue weighted by Crippen LogP contribution is 2.34. The number of nitrogens with one attached hydrogen (secondary N) is 1. The lowest BCUT2D eigenvalue weighted by Crippen LogP contribution is -2.30. The summed E-state index contributed by atoms with van der Waals surface area (Å²) < 4.78 is 37.7. The maximum absolute atomic E-state index is 13.8. The van der Waals surface area contributed by atoms with Crippen LogP contribution in [-0.4, -0.2) is 41.0 Å². The molecule has 0 fully saturated rings. The molecule has 47 heavy (non-hydrogen) atoms. The third-order valence-corrected chi connectivity index (χ3v) is 9.91. The van der Waals surface area contributed by atoms with Gasteiger partial charge in [0.05, 0.1) is 10.6 Å². The molecule has 0 saturated carbocycles. The number of amides is 1. The molecule has 0 spiro atoms. The number of aromatic nitrogens is 3. The molecule has 0 radical (unpaired) electrons. The van der Waals surface area contributed by atoms with Crippen molar-refractivity contribution >= 4 is 32.8 Å². The zero-order chi connectivity index (χ0) is 34.3. The molecule has 1 amide bonds. The number of pyridine rings is 1. The molecule has 10 heteroatoms. The van der Waals surface area contributed by atoms with E-state index in [0.717, 1.165) is 39.8 Å². The molecule has 0 aliphatic rings. The van der Waals surface area contributed by atoms with Crippen LogP contribution in [0.5, 0.6) is 0 Å². The van der Waals surface area contributed by atoms with E-state index in [-0.39, 0.29) is 22.1 Å². The average molecular weight is 656 g/mol. The quantitative estimate of drug-likeness (QED) is 0.165. The van der Waals surface area contributed by atoms with Crippen molar-refractivity contribution in [3.05, 3.63) is 93.9 Å². The Hall–Kier alpha value is -4.44. The fraction of sp³-hybridized carbons (Fsp3) is 0.378. The minimum Gasteiger partial charge on any atom is -0.341 e. The number of hydrogen-bond donors (Lipinski definition) is 1. The minimum absolute atomic E-state index is 0.0208. The highest BCUT2D eigenvalue weighted by atomic mass is 32.2. The summed E-state index contributed by atoms with van der Waals surface area (Å²) in [5, 5.41) is 5.04. The maximum Gasteiger partial charge on any atom is 0.264 e. The number of sulfonamides is 1. The van der Waals surface area contributed by atoms with Crippen LogP contribution in [0.25, 0.3) is 22.2 Å². The van der Waals surface area contributed by atoms with Crippen molar-refractivity contribution in [2.45, 2.75) is 86.2 Å². The molecular formula is C37H45N5O4S. The van der Waals surface area contributed by atoms with Crippen LogP contribution in [0.1, 0.15) is 73.5 Å². The fourth-order valence-electron chi connectivity index (χ4n) is 5.93. The van der Waals surface area contributed by atoms with Crippen molar-refractivity contribution in [3.63, 3.8) is 0 Å². The van der Waals surface area contributed by atoms with Crippen molar-refractivity contribution in [1.82, 2.24) is 19.6 Å². The largest absolute Gasteiger partial charge is 0.341 e. The predicted octanol–water partition coefficient (Wildman–Crippen LogP) is 7.73. The standard InChI is InChI=1S/C37H45N5O4S/c1-10-29-19-32-23(2)17-24(3)38-35(32)42(29)21-27-15-16-30(28(18-27)22-41(9)34(43)20-37(6,7)8)31-13-11-12-14-33(31)47(44,45)40-36-25(4)26(5)39-46-36/h11-19,40H,10,20-22H2,1-9H3. The van der Waals surface area contributed by atoms with Crippen LogP contribution in [0.15, 0.2) is 64.0 Å². The molecule has 3 aromatic heterocycles. The lowest BCUT2D eigenvalue weighted by molar-refractivity contribution is -0.132. The number of rotatable bonds is 10. The van der Waals surface area contributed by atoms with E-state index in [1.165, 1.54) is 11.3 Å².